The molecule has 0 saturated heterocycles. The molecule has 1 rings (SSSR count). The zero-order chi connectivity index (χ0) is 20.1. The van der Waals surface area contributed by atoms with E-state index in [1.165, 1.54) is 0 Å². The molecule has 1 aromatic carbocycles. The number of hydrogen-bond donors (Lipinski definition) is 2. The van der Waals surface area contributed by atoms with Crippen molar-refractivity contribution < 1.29 is 14.2 Å². The molecule has 0 atom stereocenters. The molecular formula is C19H33BrN4O3. The maximum Gasteiger partial charge on any atom is 0.191 e. The maximum atomic E-state index is 5.39. The molecule has 0 spiro atoms. The Balaban J connectivity index is 2.62. The minimum Gasteiger partial charge on any atom is -0.493 e. The second-order valence-corrected chi connectivity index (χ2v) is 6.94. The highest BCUT2D eigenvalue weighted by Gasteiger charge is 2.10. The molecule has 0 aromatic heterocycles. The fraction of sp³-hybridized carbons (Fsp3) is 0.632. The van der Waals surface area contributed by atoms with Crippen molar-refractivity contribution in [2.24, 2.45) is 4.99 Å². The lowest BCUT2D eigenvalue weighted by atomic mass is 10.2. The number of benzene rings is 1. The van der Waals surface area contributed by atoms with E-state index in [1.54, 1.807) is 21.3 Å². The van der Waals surface area contributed by atoms with Gasteiger partial charge in [0.05, 0.1) is 25.2 Å². The standard InChI is InChI=1S/C19H33BrN4O3/c1-6-21-19(22-8-10-24(2)9-7-11-25-3)23-14-15-12-16(20)18(27-5)17(13-15)26-4/h12-13H,6-11,14H2,1-5H3,(H2,21,22,23). The minimum absolute atomic E-state index is 0.540. The van der Waals surface area contributed by atoms with Crippen LogP contribution in [0, 0.1) is 0 Å². The summed E-state index contributed by atoms with van der Waals surface area (Å²) < 4.78 is 16.7. The van der Waals surface area contributed by atoms with Gasteiger partial charge in [-0.15, -0.1) is 0 Å². The second kappa shape index (κ2) is 13.6. The summed E-state index contributed by atoms with van der Waals surface area (Å²) in [6.07, 6.45) is 1.04. The third-order valence-electron chi connectivity index (χ3n) is 3.93. The number of rotatable bonds is 12. The Labute approximate surface area is 171 Å². The van der Waals surface area contributed by atoms with Crippen molar-refractivity contribution in [1.82, 2.24) is 15.5 Å². The number of nitrogens with one attached hydrogen (secondary N) is 2. The Morgan fingerprint density at radius 2 is 1.93 bits per heavy atom. The van der Waals surface area contributed by atoms with Gasteiger partial charge in [-0.2, -0.15) is 0 Å². The molecule has 0 unspecified atom stereocenters. The van der Waals surface area contributed by atoms with Gasteiger partial charge in [0.1, 0.15) is 0 Å². The lowest BCUT2D eigenvalue weighted by Gasteiger charge is -2.18. The molecule has 0 fully saturated rings. The highest BCUT2D eigenvalue weighted by molar-refractivity contribution is 9.10. The summed E-state index contributed by atoms with van der Waals surface area (Å²) in [5, 5.41) is 6.65. The van der Waals surface area contributed by atoms with E-state index in [0.717, 1.165) is 55.2 Å². The summed E-state index contributed by atoms with van der Waals surface area (Å²) in [6, 6.07) is 3.94. The largest absolute Gasteiger partial charge is 0.493 e. The predicted molar refractivity (Wildman–Crippen MR) is 114 cm³/mol. The number of guanidine groups is 1. The Morgan fingerprint density at radius 1 is 1.15 bits per heavy atom. The van der Waals surface area contributed by atoms with E-state index in [1.807, 2.05) is 12.1 Å². The first-order chi connectivity index (χ1) is 13.0. The van der Waals surface area contributed by atoms with Gasteiger partial charge >= 0.3 is 0 Å². The first kappa shape index (κ1) is 23.5. The molecule has 0 saturated carbocycles. The van der Waals surface area contributed by atoms with Crippen molar-refractivity contribution in [2.45, 2.75) is 19.9 Å². The van der Waals surface area contributed by atoms with Crippen LogP contribution in [0.4, 0.5) is 0 Å². The van der Waals surface area contributed by atoms with Gasteiger partial charge in [0.25, 0.3) is 0 Å². The zero-order valence-corrected chi connectivity index (χ0v) is 18.7. The number of halogens is 1. The molecule has 0 aliphatic rings. The van der Waals surface area contributed by atoms with Gasteiger partial charge in [0.15, 0.2) is 17.5 Å². The summed E-state index contributed by atoms with van der Waals surface area (Å²) in [5.41, 5.74) is 1.04. The minimum atomic E-state index is 0.540. The molecule has 7 nitrogen and oxygen atoms in total. The lowest BCUT2D eigenvalue weighted by Crippen LogP contribution is -2.41. The zero-order valence-electron chi connectivity index (χ0n) is 17.1. The molecule has 154 valence electrons. The van der Waals surface area contributed by atoms with Crippen molar-refractivity contribution in [2.75, 3.05) is 61.2 Å². The molecule has 0 radical (unpaired) electrons. The number of hydrogen-bond acceptors (Lipinski definition) is 5. The van der Waals surface area contributed by atoms with E-state index in [0.29, 0.717) is 18.0 Å². The molecule has 0 aliphatic heterocycles. The van der Waals surface area contributed by atoms with Crippen LogP contribution in [-0.2, 0) is 11.3 Å². The number of ether oxygens (including phenoxy) is 3. The van der Waals surface area contributed by atoms with Crippen LogP contribution >= 0.6 is 15.9 Å². The summed E-state index contributed by atoms with van der Waals surface area (Å²) in [5.74, 6) is 2.17. The van der Waals surface area contributed by atoms with Crippen LogP contribution in [0.25, 0.3) is 0 Å². The number of methoxy groups -OCH3 is 3. The van der Waals surface area contributed by atoms with E-state index in [-0.39, 0.29) is 0 Å². The molecule has 27 heavy (non-hydrogen) atoms. The SMILES string of the molecule is CCNC(=NCc1cc(Br)c(OC)c(OC)c1)NCCN(C)CCCOC. The average Bonchev–Trinajstić information content (AvgIpc) is 2.65. The first-order valence-electron chi connectivity index (χ1n) is 9.15. The molecular weight excluding hydrogens is 412 g/mol. The van der Waals surface area contributed by atoms with E-state index >= 15 is 0 Å². The van der Waals surface area contributed by atoms with Gasteiger partial charge in [-0.3, -0.25) is 0 Å². The van der Waals surface area contributed by atoms with Crippen LogP contribution in [0.5, 0.6) is 11.5 Å². The van der Waals surface area contributed by atoms with Crippen molar-refractivity contribution >= 4 is 21.9 Å². The van der Waals surface area contributed by atoms with Crippen molar-refractivity contribution in [3.8, 4) is 11.5 Å². The Bertz CT molecular complexity index is 584. The van der Waals surface area contributed by atoms with Crippen LogP contribution in [0.2, 0.25) is 0 Å². The molecule has 0 aliphatic carbocycles. The van der Waals surface area contributed by atoms with Crippen LogP contribution < -0.4 is 20.1 Å². The monoisotopic (exact) mass is 444 g/mol. The van der Waals surface area contributed by atoms with Crippen LogP contribution in [0.1, 0.15) is 18.9 Å². The van der Waals surface area contributed by atoms with Crippen LogP contribution in [0.15, 0.2) is 21.6 Å². The van der Waals surface area contributed by atoms with Gasteiger partial charge in [-0.05, 0) is 54.0 Å². The Morgan fingerprint density at radius 3 is 2.56 bits per heavy atom. The van der Waals surface area contributed by atoms with E-state index < -0.39 is 0 Å². The van der Waals surface area contributed by atoms with Gasteiger partial charge in [-0.25, -0.2) is 4.99 Å². The molecule has 0 bridgehead atoms. The molecule has 8 heteroatoms. The normalized spacial score (nSPS) is 11.6. The second-order valence-electron chi connectivity index (χ2n) is 6.08. The highest BCUT2D eigenvalue weighted by Crippen LogP contribution is 2.36. The molecule has 0 amide bonds. The molecule has 0 heterocycles. The van der Waals surface area contributed by atoms with Gasteiger partial charge in [0.2, 0.25) is 0 Å². The lowest BCUT2D eigenvalue weighted by molar-refractivity contribution is 0.180. The number of aliphatic imine (C=N–C) groups is 1. The highest BCUT2D eigenvalue weighted by atomic mass is 79.9. The van der Waals surface area contributed by atoms with E-state index in [4.69, 9.17) is 14.2 Å². The van der Waals surface area contributed by atoms with E-state index in [2.05, 4.69) is 50.4 Å². The van der Waals surface area contributed by atoms with Gasteiger partial charge in [-0.1, -0.05) is 0 Å². The summed E-state index contributed by atoms with van der Waals surface area (Å²) in [4.78, 5) is 6.95. The maximum absolute atomic E-state index is 5.39. The first-order valence-corrected chi connectivity index (χ1v) is 9.95. The van der Waals surface area contributed by atoms with Gasteiger partial charge < -0.3 is 29.7 Å². The number of likely N-dealkylation sites (N-methyl/N-ethyl adjacent to an activating group) is 1. The van der Waals surface area contributed by atoms with Crippen molar-refractivity contribution in [3.63, 3.8) is 0 Å². The number of nitrogens with zero attached hydrogens (tertiary/aromatic N) is 2. The smallest absolute Gasteiger partial charge is 0.191 e. The Kier molecular flexibility index (Phi) is 11.9. The summed E-state index contributed by atoms with van der Waals surface area (Å²) in [7, 11) is 7.10. The van der Waals surface area contributed by atoms with Crippen LogP contribution in [-0.4, -0.2) is 72.0 Å². The quantitative estimate of drug-likeness (QED) is 0.293. The third kappa shape index (κ3) is 8.81. The summed E-state index contributed by atoms with van der Waals surface area (Å²) in [6.45, 7) is 6.98. The third-order valence-corrected chi connectivity index (χ3v) is 4.52. The summed E-state index contributed by atoms with van der Waals surface area (Å²) >= 11 is 3.52. The average molecular weight is 445 g/mol. The van der Waals surface area contributed by atoms with Crippen molar-refractivity contribution in [1.29, 1.82) is 0 Å². The Hall–Kier alpha value is -1.51. The predicted octanol–water partition coefficient (Wildman–Crippen LogP) is 2.49. The fourth-order valence-electron chi connectivity index (χ4n) is 2.53. The van der Waals surface area contributed by atoms with E-state index in [9.17, 15) is 0 Å². The fourth-order valence-corrected chi connectivity index (χ4v) is 3.18. The van der Waals surface area contributed by atoms with Gasteiger partial charge in [0, 0.05) is 39.9 Å². The molecule has 1 aromatic rings. The molecule has 2 N–H and O–H groups in total. The van der Waals surface area contributed by atoms with Crippen LogP contribution in [0.3, 0.4) is 0 Å². The van der Waals surface area contributed by atoms with Crippen molar-refractivity contribution in [3.05, 3.63) is 22.2 Å². The topological polar surface area (TPSA) is 67.4 Å².